The number of carbonyl (C=O) groups excluding carboxylic acids is 2. The lowest BCUT2D eigenvalue weighted by Gasteiger charge is -2.13. The van der Waals surface area contributed by atoms with Gasteiger partial charge in [-0.15, -0.1) is 0 Å². The van der Waals surface area contributed by atoms with E-state index in [0.717, 1.165) is 12.1 Å². The van der Waals surface area contributed by atoms with Gasteiger partial charge in [-0.2, -0.15) is 0 Å². The van der Waals surface area contributed by atoms with E-state index in [-0.39, 0.29) is 54.3 Å². The molecule has 31 heavy (non-hydrogen) atoms. The van der Waals surface area contributed by atoms with E-state index in [9.17, 15) is 23.5 Å². The second-order valence-corrected chi connectivity index (χ2v) is 7.14. The van der Waals surface area contributed by atoms with Gasteiger partial charge in [0.15, 0.2) is 13.2 Å². The maximum atomic E-state index is 13.3. The fourth-order valence-electron chi connectivity index (χ4n) is 2.25. The molecule has 0 aliphatic carbocycles. The maximum Gasteiger partial charge on any atom is 0.258 e. The molecule has 0 aliphatic heterocycles. The Morgan fingerprint density at radius 2 is 1.52 bits per heavy atom. The minimum Gasteiger partial charge on any atom is -0.484 e. The predicted molar refractivity (Wildman–Crippen MR) is 110 cm³/mol. The van der Waals surface area contributed by atoms with Gasteiger partial charge in [0.25, 0.3) is 11.8 Å². The first-order valence-corrected chi connectivity index (χ1v) is 9.87. The van der Waals surface area contributed by atoms with Crippen LogP contribution in [0.15, 0.2) is 36.4 Å². The van der Waals surface area contributed by atoms with Crippen LogP contribution in [0.5, 0.6) is 11.5 Å². The third kappa shape index (κ3) is 8.95. The van der Waals surface area contributed by atoms with Crippen LogP contribution < -0.4 is 20.1 Å². The number of hydrogen-bond acceptors (Lipinski definition) is 5. The summed E-state index contributed by atoms with van der Waals surface area (Å²) in [5, 5.41) is 14.7. The zero-order valence-corrected chi connectivity index (χ0v) is 17.7. The fraction of sp³-hybridized carbons (Fsp3) is 0.300. The Balaban J connectivity index is 1.57. The van der Waals surface area contributed by atoms with Crippen LogP contribution in [0.3, 0.4) is 0 Å². The fourth-order valence-corrected chi connectivity index (χ4v) is 2.53. The van der Waals surface area contributed by atoms with E-state index in [1.54, 1.807) is 0 Å². The molecular formula is C20H20Cl2F2N2O5. The number of nitrogens with one attached hydrogen (secondary N) is 2. The second kappa shape index (κ2) is 12.3. The summed E-state index contributed by atoms with van der Waals surface area (Å²) in [5.74, 6) is -1.82. The van der Waals surface area contributed by atoms with Crippen molar-refractivity contribution in [2.45, 2.75) is 12.5 Å². The highest BCUT2D eigenvalue weighted by atomic mass is 35.5. The average Bonchev–Trinajstić information content (AvgIpc) is 2.74. The summed E-state index contributed by atoms with van der Waals surface area (Å²) < 4.78 is 36.7. The Bertz CT molecular complexity index is 917. The van der Waals surface area contributed by atoms with Gasteiger partial charge in [-0.3, -0.25) is 9.59 Å². The normalized spacial score (nSPS) is 11.5. The predicted octanol–water partition coefficient (Wildman–Crippen LogP) is 2.71. The molecule has 0 bridgehead atoms. The van der Waals surface area contributed by atoms with Gasteiger partial charge in [0.1, 0.15) is 23.1 Å². The molecular weight excluding hydrogens is 457 g/mol. The Morgan fingerprint density at radius 1 is 0.903 bits per heavy atom. The van der Waals surface area contributed by atoms with Gasteiger partial charge in [-0.05, 0) is 30.7 Å². The molecule has 0 saturated carbocycles. The summed E-state index contributed by atoms with van der Waals surface area (Å²) >= 11 is 11.2. The third-order valence-corrected chi connectivity index (χ3v) is 4.45. The van der Waals surface area contributed by atoms with Gasteiger partial charge in [0, 0.05) is 25.2 Å². The lowest BCUT2D eigenvalue weighted by Crippen LogP contribution is -2.37. The molecule has 0 aromatic heterocycles. The molecule has 2 aromatic carbocycles. The van der Waals surface area contributed by atoms with Crippen LogP contribution >= 0.6 is 23.2 Å². The molecule has 0 spiro atoms. The van der Waals surface area contributed by atoms with Crippen molar-refractivity contribution >= 4 is 35.0 Å². The molecule has 0 fully saturated rings. The lowest BCUT2D eigenvalue weighted by atomic mass is 10.2. The van der Waals surface area contributed by atoms with Crippen LogP contribution in [0, 0.1) is 11.6 Å². The highest BCUT2D eigenvalue weighted by molar-refractivity contribution is 6.31. The van der Waals surface area contributed by atoms with Gasteiger partial charge in [0.05, 0.1) is 16.1 Å². The van der Waals surface area contributed by atoms with E-state index < -0.39 is 29.6 Å². The van der Waals surface area contributed by atoms with Gasteiger partial charge in [-0.1, -0.05) is 23.2 Å². The van der Waals surface area contributed by atoms with E-state index in [2.05, 4.69) is 10.6 Å². The zero-order chi connectivity index (χ0) is 22.8. The summed E-state index contributed by atoms with van der Waals surface area (Å²) in [6.07, 6.45) is -0.730. The molecule has 0 saturated heterocycles. The Labute approximate surface area is 187 Å². The first-order chi connectivity index (χ1) is 14.7. The van der Waals surface area contributed by atoms with E-state index in [1.165, 1.54) is 24.3 Å². The van der Waals surface area contributed by atoms with Crippen molar-refractivity contribution in [3.05, 3.63) is 58.1 Å². The number of aliphatic hydroxyl groups excluding tert-OH is 1. The first kappa shape index (κ1) is 24.6. The van der Waals surface area contributed by atoms with Crippen LogP contribution in [-0.2, 0) is 9.59 Å². The highest BCUT2D eigenvalue weighted by Crippen LogP contribution is 2.21. The molecule has 11 heteroatoms. The number of hydrogen-bond donors (Lipinski definition) is 3. The van der Waals surface area contributed by atoms with Crippen LogP contribution in [0.2, 0.25) is 10.0 Å². The molecule has 3 N–H and O–H groups in total. The molecule has 2 aromatic rings. The van der Waals surface area contributed by atoms with E-state index in [4.69, 9.17) is 32.7 Å². The van der Waals surface area contributed by atoms with Crippen LogP contribution in [0.1, 0.15) is 6.42 Å². The summed E-state index contributed by atoms with van der Waals surface area (Å²) in [7, 11) is 0. The zero-order valence-electron chi connectivity index (χ0n) is 16.2. The maximum absolute atomic E-state index is 13.3. The quantitative estimate of drug-likeness (QED) is 0.463. The van der Waals surface area contributed by atoms with E-state index >= 15 is 0 Å². The van der Waals surface area contributed by atoms with Gasteiger partial charge in [-0.25, -0.2) is 8.78 Å². The smallest absolute Gasteiger partial charge is 0.258 e. The van der Waals surface area contributed by atoms with E-state index in [1.807, 2.05) is 0 Å². The van der Waals surface area contributed by atoms with E-state index in [0.29, 0.717) is 0 Å². The minimum absolute atomic E-state index is 0.0570. The number of aliphatic hydroxyl groups is 1. The number of ether oxygens (including phenoxy) is 2. The number of benzene rings is 2. The van der Waals surface area contributed by atoms with Gasteiger partial charge >= 0.3 is 0 Å². The second-order valence-electron chi connectivity index (χ2n) is 6.33. The minimum atomic E-state index is -0.908. The van der Waals surface area contributed by atoms with Crippen molar-refractivity contribution in [2.75, 3.05) is 26.3 Å². The first-order valence-electron chi connectivity index (χ1n) is 9.11. The topological polar surface area (TPSA) is 96.9 Å². The van der Waals surface area contributed by atoms with Gasteiger partial charge < -0.3 is 25.2 Å². The number of halogens is 4. The molecule has 0 radical (unpaired) electrons. The van der Waals surface area contributed by atoms with Crippen LogP contribution in [0.25, 0.3) is 0 Å². The number of amides is 2. The summed E-state index contributed by atoms with van der Waals surface area (Å²) in [4.78, 5) is 23.5. The lowest BCUT2D eigenvalue weighted by molar-refractivity contribution is -0.124. The largest absolute Gasteiger partial charge is 0.484 e. The Morgan fingerprint density at radius 3 is 2.16 bits per heavy atom. The van der Waals surface area contributed by atoms with Crippen LogP contribution in [-0.4, -0.2) is 49.3 Å². The van der Waals surface area contributed by atoms with Crippen LogP contribution in [0.4, 0.5) is 8.78 Å². The molecule has 0 unspecified atom stereocenters. The van der Waals surface area contributed by atoms with Gasteiger partial charge in [0.2, 0.25) is 0 Å². The number of carbonyl (C=O) groups is 2. The summed E-state index contributed by atoms with van der Waals surface area (Å²) in [6, 6.07) is 7.50. The SMILES string of the molecule is O=C(COc1ccc(F)c(Cl)c1)NCC[C@H](O)CNC(=O)COc1ccc(Cl)c(F)c1. The average molecular weight is 477 g/mol. The van der Waals surface area contributed by atoms with Crippen molar-refractivity contribution in [3.8, 4) is 11.5 Å². The van der Waals surface area contributed by atoms with Crippen molar-refractivity contribution < 1.29 is 33.0 Å². The molecule has 1 atom stereocenters. The molecule has 0 aliphatic rings. The molecule has 2 rings (SSSR count). The van der Waals surface area contributed by atoms with Crippen molar-refractivity contribution in [1.29, 1.82) is 0 Å². The molecule has 7 nitrogen and oxygen atoms in total. The highest BCUT2D eigenvalue weighted by Gasteiger charge is 2.10. The Hall–Kier alpha value is -2.62. The molecule has 168 valence electrons. The van der Waals surface area contributed by atoms with Crippen molar-refractivity contribution in [1.82, 2.24) is 10.6 Å². The summed E-state index contributed by atoms with van der Waals surface area (Å²) in [5.41, 5.74) is 0. The standard InChI is InChI=1S/C20H20Cl2F2N2O5/c21-15-3-1-14(8-18(15)24)31-11-20(29)26-9-12(27)5-6-25-19(28)10-30-13-2-4-17(23)16(22)7-13/h1-4,7-8,12,27H,5-6,9-11H2,(H,25,28)(H,26,29)/t12-/m0/s1. The molecule has 2 amide bonds. The monoisotopic (exact) mass is 476 g/mol. The third-order valence-electron chi connectivity index (χ3n) is 3.86. The molecule has 0 heterocycles. The van der Waals surface area contributed by atoms with Crippen molar-refractivity contribution in [2.24, 2.45) is 0 Å². The Kier molecular flexibility index (Phi) is 9.77. The summed E-state index contributed by atoms with van der Waals surface area (Å²) in [6.45, 7) is -0.589. The number of rotatable bonds is 11. The van der Waals surface area contributed by atoms with Crippen molar-refractivity contribution in [3.63, 3.8) is 0 Å².